The molecule has 1 fully saturated rings. The number of aliphatic hydroxyl groups excluding tert-OH is 1. The lowest BCUT2D eigenvalue weighted by Crippen LogP contribution is -2.32. The van der Waals surface area contributed by atoms with Crippen molar-refractivity contribution in [3.05, 3.63) is 17.8 Å². The number of aryl methyl sites for hydroxylation is 1. The maximum atomic E-state index is 13.7. The Bertz CT molecular complexity index is 375. The van der Waals surface area contributed by atoms with Crippen LogP contribution in [-0.4, -0.2) is 40.4 Å². The summed E-state index contributed by atoms with van der Waals surface area (Å²) >= 11 is 0. The summed E-state index contributed by atoms with van der Waals surface area (Å²) in [5.41, 5.74) is 0.367. The zero-order valence-corrected chi connectivity index (χ0v) is 8.98. The molecular weight excluding hydrogens is 213 g/mol. The molecule has 2 heterocycles. The summed E-state index contributed by atoms with van der Waals surface area (Å²) in [6.45, 7) is 2.44. The molecule has 6 heteroatoms. The van der Waals surface area contributed by atoms with Crippen molar-refractivity contribution >= 4 is 5.82 Å². The van der Waals surface area contributed by atoms with E-state index in [-0.39, 0.29) is 18.5 Å². The molecule has 1 saturated heterocycles. The van der Waals surface area contributed by atoms with Gasteiger partial charge in [-0.25, -0.2) is 14.4 Å². The number of aliphatic hydroxyl groups is 1. The minimum Gasteiger partial charge on any atom is -0.388 e. The van der Waals surface area contributed by atoms with Crippen molar-refractivity contribution in [3.63, 3.8) is 0 Å². The normalized spacial score (nSPS) is 24.7. The van der Waals surface area contributed by atoms with Gasteiger partial charge in [-0.3, -0.25) is 0 Å². The van der Waals surface area contributed by atoms with Crippen LogP contribution in [0.4, 0.5) is 10.2 Å². The molecule has 0 saturated carbocycles. The molecule has 2 N–H and O–H groups in total. The molecule has 2 atom stereocenters. The van der Waals surface area contributed by atoms with Crippen molar-refractivity contribution in [2.45, 2.75) is 25.5 Å². The summed E-state index contributed by atoms with van der Waals surface area (Å²) in [7, 11) is 0. The third-order valence-corrected chi connectivity index (χ3v) is 2.57. The van der Waals surface area contributed by atoms with Crippen molar-refractivity contribution in [1.29, 1.82) is 0 Å². The van der Waals surface area contributed by atoms with Crippen LogP contribution in [0.3, 0.4) is 0 Å². The van der Waals surface area contributed by atoms with Crippen LogP contribution < -0.4 is 5.32 Å². The van der Waals surface area contributed by atoms with Crippen molar-refractivity contribution in [3.8, 4) is 0 Å². The molecule has 1 aromatic rings. The number of ether oxygens (including phenoxy) is 1. The van der Waals surface area contributed by atoms with Crippen LogP contribution in [0.2, 0.25) is 0 Å². The van der Waals surface area contributed by atoms with Crippen LogP contribution in [-0.2, 0) is 11.2 Å². The smallest absolute Gasteiger partial charge is 0.186 e. The van der Waals surface area contributed by atoms with E-state index in [9.17, 15) is 9.50 Å². The van der Waals surface area contributed by atoms with E-state index in [2.05, 4.69) is 15.3 Å². The molecule has 5 nitrogen and oxygen atoms in total. The Labute approximate surface area is 92.7 Å². The Morgan fingerprint density at radius 3 is 3.00 bits per heavy atom. The SMILES string of the molecule is CCc1ncnc(N[C@H]2COC[C@@H]2O)c1F. The molecule has 0 unspecified atom stereocenters. The topological polar surface area (TPSA) is 67.3 Å². The van der Waals surface area contributed by atoms with Gasteiger partial charge in [0.15, 0.2) is 11.6 Å². The maximum Gasteiger partial charge on any atom is 0.186 e. The van der Waals surface area contributed by atoms with Gasteiger partial charge < -0.3 is 15.2 Å². The third kappa shape index (κ3) is 2.12. The lowest BCUT2D eigenvalue weighted by Gasteiger charge is -2.15. The summed E-state index contributed by atoms with van der Waals surface area (Å²) in [6, 6.07) is -0.311. The average molecular weight is 227 g/mol. The van der Waals surface area contributed by atoms with Gasteiger partial charge in [0, 0.05) is 0 Å². The van der Waals surface area contributed by atoms with E-state index >= 15 is 0 Å². The largest absolute Gasteiger partial charge is 0.388 e. The minimum atomic E-state index is -0.626. The number of nitrogens with zero attached hydrogens (tertiary/aromatic N) is 2. The Morgan fingerprint density at radius 2 is 2.38 bits per heavy atom. The quantitative estimate of drug-likeness (QED) is 0.780. The second-order valence-electron chi connectivity index (χ2n) is 3.69. The highest BCUT2D eigenvalue weighted by Gasteiger charge is 2.27. The van der Waals surface area contributed by atoms with Crippen molar-refractivity contribution in [2.75, 3.05) is 18.5 Å². The average Bonchev–Trinajstić information content (AvgIpc) is 2.68. The van der Waals surface area contributed by atoms with Gasteiger partial charge in [-0.2, -0.15) is 0 Å². The predicted molar refractivity (Wildman–Crippen MR) is 55.6 cm³/mol. The van der Waals surface area contributed by atoms with E-state index in [1.54, 1.807) is 0 Å². The molecule has 16 heavy (non-hydrogen) atoms. The van der Waals surface area contributed by atoms with Gasteiger partial charge in [0.2, 0.25) is 0 Å². The minimum absolute atomic E-state index is 0.126. The molecule has 1 aromatic heterocycles. The molecule has 0 spiro atoms. The first-order valence-corrected chi connectivity index (χ1v) is 5.24. The lowest BCUT2D eigenvalue weighted by molar-refractivity contribution is 0.125. The molecule has 1 aliphatic heterocycles. The summed E-state index contributed by atoms with van der Waals surface area (Å²) in [6.07, 6.45) is 1.19. The van der Waals surface area contributed by atoms with Gasteiger partial charge in [-0.1, -0.05) is 6.92 Å². The molecule has 0 aromatic carbocycles. The number of nitrogens with one attached hydrogen (secondary N) is 1. The molecule has 0 aliphatic carbocycles. The zero-order chi connectivity index (χ0) is 11.5. The number of rotatable bonds is 3. The van der Waals surface area contributed by atoms with Gasteiger partial charge in [0.1, 0.15) is 6.33 Å². The van der Waals surface area contributed by atoms with E-state index in [1.165, 1.54) is 6.33 Å². The zero-order valence-electron chi connectivity index (χ0n) is 8.98. The summed E-state index contributed by atoms with van der Waals surface area (Å²) in [4.78, 5) is 7.65. The number of halogens is 1. The maximum absolute atomic E-state index is 13.7. The molecule has 88 valence electrons. The number of aromatic nitrogens is 2. The fraction of sp³-hybridized carbons (Fsp3) is 0.600. The second kappa shape index (κ2) is 4.71. The van der Waals surface area contributed by atoms with Gasteiger partial charge in [0.05, 0.1) is 31.1 Å². The fourth-order valence-electron chi connectivity index (χ4n) is 1.61. The molecule has 0 radical (unpaired) electrons. The highest BCUT2D eigenvalue weighted by Crippen LogP contribution is 2.17. The van der Waals surface area contributed by atoms with Crippen LogP contribution in [0.15, 0.2) is 6.33 Å². The summed E-state index contributed by atoms with van der Waals surface area (Å²) in [5, 5.41) is 12.3. The first-order valence-electron chi connectivity index (χ1n) is 5.24. The van der Waals surface area contributed by atoms with Crippen LogP contribution >= 0.6 is 0 Å². The van der Waals surface area contributed by atoms with Gasteiger partial charge in [0.25, 0.3) is 0 Å². The van der Waals surface area contributed by atoms with Gasteiger partial charge >= 0.3 is 0 Å². The lowest BCUT2D eigenvalue weighted by atomic mass is 10.2. The molecular formula is C10H14FN3O2. The fourth-order valence-corrected chi connectivity index (χ4v) is 1.61. The van der Waals surface area contributed by atoms with Crippen molar-refractivity contribution in [1.82, 2.24) is 9.97 Å². The van der Waals surface area contributed by atoms with E-state index in [0.29, 0.717) is 18.7 Å². The van der Waals surface area contributed by atoms with Crippen molar-refractivity contribution < 1.29 is 14.2 Å². The monoisotopic (exact) mass is 227 g/mol. The number of anilines is 1. The van der Waals surface area contributed by atoms with E-state index in [1.807, 2.05) is 6.92 Å². The Balaban J connectivity index is 2.14. The third-order valence-electron chi connectivity index (χ3n) is 2.57. The van der Waals surface area contributed by atoms with Gasteiger partial charge in [-0.05, 0) is 6.42 Å². The molecule has 0 amide bonds. The molecule has 2 rings (SSSR count). The van der Waals surface area contributed by atoms with Crippen molar-refractivity contribution in [2.24, 2.45) is 0 Å². The van der Waals surface area contributed by atoms with Gasteiger partial charge in [-0.15, -0.1) is 0 Å². The highest BCUT2D eigenvalue weighted by molar-refractivity contribution is 5.39. The van der Waals surface area contributed by atoms with E-state index in [4.69, 9.17) is 4.74 Å². The summed E-state index contributed by atoms with van der Waals surface area (Å²) in [5.74, 6) is -0.328. The van der Waals surface area contributed by atoms with Crippen LogP contribution in [0.1, 0.15) is 12.6 Å². The first kappa shape index (κ1) is 11.2. The van der Waals surface area contributed by atoms with Crippen LogP contribution in [0, 0.1) is 5.82 Å². The Hall–Kier alpha value is -1.27. The first-order chi connectivity index (χ1) is 7.72. The number of hydrogen-bond donors (Lipinski definition) is 2. The van der Waals surface area contributed by atoms with E-state index in [0.717, 1.165) is 0 Å². The van der Waals surface area contributed by atoms with E-state index < -0.39 is 11.9 Å². The molecule has 1 aliphatic rings. The predicted octanol–water partition coefficient (Wildman–Crippen LogP) is 0.350. The Morgan fingerprint density at radius 1 is 1.56 bits per heavy atom. The second-order valence-corrected chi connectivity index (χ2v) is 3.69. The highest BCUT2D eigenvalue weighted by atomic mass is 19.1. The number of hydrogen-bond acceptors (Lipinski definition) is 5. The molecule has 0 bridgehead atoms. The Kier molecular flexibility index (Phi) is 3.31. The summed E-state index contributed by atoms with van der Waals surface area (Å²) < 4.78 is 18.8. The van der Waals surface area contributed by atoms with Crippen LogP contribution in [0.5, 0.6) is 0 Å². The standard InChI is InChI=1S/C10H14FN3O2/c1-2-6-9(11)10(13-5-12-6)14-7-3-16-4-8(7)15/h5,7-8,15H,2-4H2,1H3,(H,12,13,14)/t7-,8-/m0/s1. The van der Waals surface area contributed by atoms with Crippen LogP contribution in [0.25, 0.3) is 0 Å².